The topological polar surface area (TPSA) is 63.7 Å². The van der Waals surface area contributed by atoms with Gasteiger partial charge in [0.1, 0.15) is 0 Å². The van der Waals surface area contributed by atoms with Gasteiger partial charge in [-0.25, -0.2) is 13.2 Å². The summed E-state index contributed by atoms with van der Waals surface area (Å²) in [6.45, 7) is 0.572. The summed E-state index contributed by atoms with van der Waals surface area (Å²) in [5.74, 6) is -0.506. The van der Waals surface area contributed by atoms with Crippen LogP contribution in [0, 0.1) is 0 Å². The second-order valence-corrected chi connectivity index (χ2v) is 9.16. The summed E-state index contributed by atoms with van der Waals surface area (Å²) >= 11 is 5.96. The maximum absolute atomic E-state index is 12.9. The number of halogens is 1. The molecule has 0 bridgehead atoms. The standard InChI is InChI=1S/C19H18ClNO4S/c20-15-6-3-5-14(11-15)12-26(23,24)21-10-4-9-19(13-21)17-8-2-1-7-16(17)18(22)25-19/h1-3,5-8,11H,4,9-10,12-13H2. The van der Waals surface area contributed by atoms with Crippen LogP contribution in [0.3, 0.4) is 0 Å². The molecule has 7 heteroatoms. The molecule has 0 saturated carbocycles. The van der Waals surface area contributed by atoms with E-state index < -0.39 is 15.6 Å². The van der Waals surface area contributed by atoms with Gasteiger partial charge in [0.15, 0.2) is 5.60 Å². The Balaban J connectivity index is 1.62. The molecule has 26 heavy (non-hydrogen) atoms. The van der Waals surface area contributed by atoms with Gasteiger partial charge >= 0.3 is 5.97 Å². The summed E-state index contributed by atoms with van der Waals surface area (Å²) in [6, 6.07) is 14.1. The minimum absolute atomic E-state index is 0.126. The van der Waals surface area contributed by atoms with E-state index in [1.165, 1.54) is 4.31 Å². The molecule has 1 fully saturated rings. The molecule has 2 aromatic carbocycles. The lowest BCUT2D eigenvalue weighted by molar-refractivity contribution is -0.0345. The smallest absolute Gasteiger partial charge is 0.339 e. The van der Waals surface area contributed by atoms with Crippen molar-refractivity contribution < 1.29 is 17.9 Å². The number of carbonyl (C=O) groups excluding carboxylic acids is 1. The van der Waals surface area contributed by atoms with E-state index in [2.05, 4.69) is 0 Å². The van der Waals surface area contributed by atoms with Gasteiger partial charge in [0, 0.05) is 17.1 Å². The van der Waals surface area contributed by atoms with Crippen LogP contribution in [-0.2, 0) is 26.1 Å². The average molecular weight is 392 g/mol. The molecule has 4 rings (SSSR count). The zero-order chi connectivity index (χ0) is 18.4. The number of piperidine rings is 1. The molecule has 0 aromatic heterocycles. The summed E-state index contributed by atoms with van der Waals surface area (Å²) in [6.07, 6.45) is 1.26. The van der Waals surface area contributed by atoms with Crippen LogP contribution in [0.25, 0.3) is 0 Å². The quantitative estimate of drug-likeness (QED) is 0.753. The maximum atomic E-state index is 12.9. The van der Waals surface area contributed by atoms with E-state index >= 15 is 0 Å². The fourth-order valence-corrected chi connectivity index (χ4v) is 5.61. The Bertz CT molecular complexity index is 975. The Morgan fingerprint density at radius 1 is 1.15 bits per heavy atom. The number of nitrogens with zero attached hydrogens (tertiary/aromatic N) is 1. The van der Waals surface area contributed by atoms with Crippen LogP contribution in [0.2, 0.25) is 5.02 Å². The van der Waals surface area contributed by atoms with Crippen LogP contribution in [0.15, 0.2) is 48.5 Å². The van der Waals surface area contributed by atoms with Crippen molar-refractivity contribution in [3.8, 4) is 0 Å². The molecule has 2 aromatic rings. The predicted molar refractivity (Wildman–Crippen MR) is 98.4 cm³/mol. The maximum Gasteiger partial charge on any atom is 0.339 e. The normalized spacial score (nSPS) is 23.0. The Hall–Kier alpha value is -1.89. The SMILES string of the molecule is O=C1OC2(CCCN(S(=O)(=O)Cc3cccc(Cl)c3)C2)c2ccccc21. The summed E-state index contributed by atoms with van der Waals surface area (Å²) in [4.78, 5) is 12.2. The van der Waals surface area contributed by atoms with Gasteiger partial charge in [-0.1, -0.05) is 41.9 Å². The monoisotopic (exact) mass is 391 g/mol. The molecule has 0 aliphatic carbocycles. The van der Waals surface area contributed by atoms with Crippen LogP contribution in [0.1, 0.15) is 34.3 Å². The Kier molecular flexibility index (Phi) is 4.29. The summed E-state index contributed by atoms with van der Waals surface area (Å²) in [5, 5.41) is 0.506. The van der Waals surface area contributed by atoms with Crippen molar-refractivity contribution in [1.82, 2.24) is 4.31 Å². The number of fused-ring (bicyclic) bond motifs is 2. The highest BCUT2D eigenvalue weighted by molar-refractivity contribution is 7.88. The van der Waals surface area contributed by atoms with E-state index in [1.54, 1.807) is 36.4 Å². The first kappa shape index (κ1) is 17.5. The van der Waals surface area contributed by atoms with Crippen LogP contribution in [0.4, 0.5) is 0 Å². The highest BCUT2D eigenvalue weighted by Crippen LogP contribution is 2.43. The first-order chi connectivity index (χ1) is 12.4. The Morgan fingerprint density at radius 3 is 2.77 bits per heavy atom. The average Bonchev–Trinajstić information content (AvgIpc) is 2.87. The zero-order valence-electron chi connectivity index (χ0n) is 14.0. The number of hydrogen-bond acceptors (Lipinski definition) is 4. The molecule has 0 N–H and O–H groups in total. The van der Waals surface area contributed by atoms with E-state index in [0.29, 0.717) is 35.5 Å². The van der Waals surface area contributed by atoms with Gasteiger partial charge in [-0.3, -0.25) is 0 Å². The van der Waals surface area contributed by atoms with E-state index in [1.807, 2.05) is 12.1 Å². The van der Waals surface area contributed by atoms with E-state index in [-0.39, 0.29) is 18.3 Å². The fraction of sp³-hybridized carbons (Fsp3) is 0.316. The third-order valence-electron chi connectivity index (χ3n) is 4.98. The molecular weight excluding hydrogens is 374 g/mol. The fourth-order valence-electron chi connectivity index (χ4n) is 3.80. The van der Waals surface area contributed by atoms with Crippen molar-refractivity contribution in [2.24, 2.45) is 0 Å². The van der Waals surface area contributed by atoms with Crippen LogP contribution < -0.4 is 0 Å². The van der Waals surface area contributed by atoms with Gasteiger partial charge in [0.2, 0.25) is 10.0 Å². The lowest BCUT2D eigenvalue weighted by Crippen LogP contribution is -2.49. The molecular formula is C19H18ClNO4S. The van der Waals surface area contributed by atoms with Gasteiger partial charge in [-0.05, 0) is 36.6 Å². The van der Waals surface area contributed by atoms with Gasteiger partial charge in [-0.15, -0.1) is 0 Å². The number of esters is 1. The second kappa shape index (κ2) is 6.37. The Morgan fingerprint density at radius 2 is 1.96 bits per heavy atom. The van der Waals surface area contributed by atoms with Crippen molar-refractivity contribution in [3.63, 3.8) is 0 Å². The van der Waals surface area contributed by atoms with Gasteiger partial charge in [-0.2, -0.15) is 4.31 Å². The van der Waals surface area contributed by atoms with Crippen LogP contribution >= 0.6 is 11.6 Å². The molecule has 1 saturated heterocycles. The highest BCUT2D eigenvalue weighted by atomic mass is 35.5. The molecule has 2 aliphatic rings. The van der Waals surface area contributed by atoms with Gasteiger partial charge in [0.25, 0.3) is 0 Å². The zero-order valence-corrected chi connectivity index (χ0v) is 15.6. The first-order valence-corrected chi connectivity index (χ1v) is 10.4. The lowest BCUT2D eigenvalue weighted by atomic mass is 9.86. The summed E-state index contributed by atoms with van der Waals surface area (Å²) in [7, 11) is -3.55. The number of ether oxygens (including phenoxy) is 1. The summed E-state index contributed by atoms with van der Waals surface area (Å²) in [5.41, 5.74) is 1.07. The number of hydrogen-bond donors (Lipinski definition) is 0. The molecule has 0 amide bonds. The number of sulfonamides is 1. The van der Waals surface area contributed by atoms with Crippen molar-refractivity contribution in [2.45, 2.75) is 24.2 Å². The third kappa shape index (κ3) is 3.02. The molecule has 0 radical (unpaired) electrons. The largest absolute Gasteiger partial charge is 0.449 e. The van der Waals surface area contributed by atoms with E-state index in [4.69, 9.17) is 16.3 Å². The second-order valence-electron chi connectivity index (χ2n) is 6.75. The first-order valence-electron chi connectivity index (χ1n) is 8.45. The predicted octanol–water partition coefficient (Wildman–Crippen LogP) is 3.33. The molecule has 1 spiro atoms. The minimum Gasteiger partial charge on any atom is -0.449 e. The van der Waals surface area contributed by atoms with Crippen LogP contribution in [0.5, 0.6) is 0 Å². The van der Waals surface area contributed by atoms with Gasteiger partial charge in [0.05, 0.1) is 17.9 Å². The molecule has 2 aliphatic heterocycles. The number of rotatable bonds is 3. The molecule has 136 valence electrons. The number of carbonyl (C=O) groups is 1. The van der Waals surface area contributed by atoms with Gasteiger partial charge < -0.3 is 4.74 Å². The molecule has 1 atom stereocenters. The van der Waals surface area contributed by atoms with Crippen molar-refractivity contribution in [1.29, 1.82) is 0 Å². The molecule has 2 heterocycles. The highest BCUT2D eigenvalue weighted by Gasteiger charge is 2.49. The van der Waals surface area contributed by atoms with Crippen molar-refractivity contribution >= 4 is 27.6 Å². The number of benzene rings is 2. The van der Waals surface area contributed by atoms with Crippen LogP contribution in [-0.4, -0.2) is 31.8 Å². The summed E-state index contributed by atoms with van der Waals surface area (Å²) < 4.78 is 33.0. The van der Waals surface area contributed by atoms with E-state index in [9.17, 15) is 13.2 Å². The third-order valence-corrected chi connectivity index (χ3v) is 7.01. The van der Waals surface area contributed by atoms with E-state index in [0.717, 1.165) is 5.56 Å². The molecule has 1 unspecified atom stereocenters. The van der Waals surface area contributed by atoms with Crippen molar-refractivity contribution in [3.05, 3.63) is 70.2 Å². The molecule has 5 nitrogen and oxygen atoms in total. The Labute approximate surface area is 157 Å². The lowest BCUT2D eigenvalue weighted by Gasteiger charge is -2.38. The van der Waals surface area contributed by atoms with Crippen molar-refractivity contribution in [2.75, 3.05) is 13.1 Å². The minimum atomic E-state index is -3.55.